The Labute approximate surface area is 196 Å². The van der Waals surface area contributed by atoms with Gasteiger partial charge in [-0.25, -0.2) is 0 Å². The van der Waals surface area contributed by atoms with Crippen molar-refractivity contribution < 1.29 is 14.3 Å². The molecule has 5 rings (SSSR count). The van der Waals surface area contributed by atoms with Crippen molar-refractivity contribution in [3.63, 3.8) is 0 Å². The number of aryl methyl sites for hydroxylation is 1. The smallest absolute Gasteiger partial charge is 0.253 e. The number of carbonyl (C=O) groups is 1. The summed E-state index contributed by atoms with van der Waals surface area (Å²) in [5.41, 5.74) is 3.64. The van der Waals surface area contributed by atoms with Gasteiger partial charge in [0.15, 0.2) is 0 Å². The zero-order valence-corrected chi connectivity index (χ0v) is 19.9. The first-order valence-corrected chi connectivity index (χ1v) is 12.9. The lowest BCUT2D eigenvalue weighted by Gasteiger charge is -2.30. The number of ether oxygens (including phenoxy) is 2. The van der Waals surface area contributed by atoms with E-state index in [1.165, 1.54) is 54.3 Å². The monoisotopic (exact) mass is 454 g/mol. The number of hydrogen-bond acceptors (Lipinski definition) is 5. The van der Waals surface area contributed by atoms with Gasteiger partial charge in [-0.05, 0) is 43.7 Å². The average Bonchev–Trinajstić information content (AvgIpc) is 3.65. The number of nitrogens with zero attached hydrogens (tertiary/aromatic N) is 3. The van der Waals surface area contributed by atoms with Gasteiger partial charge >= 0.3 is 0 Å². The van der Waals surface area contributed by atoms with E-state index in [0.29, 0.717) is 31.7 Å². The van der Waals surface area contributed by atoms with Crippen molar-refractivity contribution in [2.45, 2.75) is 82.5 Å². The predicted molar refractivity (Wildman–Crippen MR) is 128 cm³/mol. The minimum atomic E-state index is -0.361. The number of methoxy groups -OCH3 is 1. The maximum atomic E-state index is 13.2. The van der Waals surface area contributed by atoms with Crippen LogP contribution >= 0.6 is 0 Å². The zero-order valence-electron chi connectivity index (χ0n) is 19.9. The van der Waals surface area contributed by atoms with Crippen molar-refractivity contribution in [1.29, 1.82) is 0 Å². The van der Waals surface area contributed by atoms with E-state index in [0.717, 1.165) is 39.0 Å². The molecule has 2 saturated carbocycles. The molecule has 1 aromatic carbocycles. The van der Waals surface area contributed by atoms with Gasteiger partial charge in [-0.1, -0.05) is 31.4 Å². The Bertz CT molecular complexity index is 942. The van der Waals surface area contributed by atoms with Crippen molar-refractivity contribution in [2.75, 3.05) is 33.4 Å². The Kier molecular flexibility index (Phi) is 7.28. The third-order valence-corrected chi connectivity index (χ3v) is 7.38. The molecule has 0 spiro atoms. The minimum Gasteiger partial charge on any atom is -0.385 e. The van der Waals surface area contributed by atoms with Crippen molar-refractivity contribution in [2.24, 2.45) is 0 Å². The van der Waals surface area contributed by atoms with Crippen LogP contribution in [0.3, 0.4) is 0 Å². The summed E-state index contributed by atoms with van der Waals surface area (Å²) in [5.74, 6) is 0.692. The standard InChI is InChI=1S/C26H38N4O3/c1-32-14-5-13-30-23-16-19(8-11-22(23)25(28-30)20-6-3-2-4-7-20)18-29(21-9-10-21)26(31)24-17-27-12-15-33-24/h8,11,16,20-21,24,27H,2-7,9-10,12-15,17-18H2,1H3/t24-/m1/s1. The minimum absolute atomic E-state index is 0.126. The summed E-state index contributed by atoms with van der Waals surface area (Å²) in [5, 5.41) is 9.69. The van der Waals surface area contributed by atoms with Crippen molar-refractivity contribution >= 4 is 16.8 Å². The number of morpholine rings is 1. The lowest BCUT2D eigenvalue weighted by molar-refractivity contribution is -0.146. The van der Waals surface area contributed by atoms with E-state index < -0.39 is 0 Å². The largest absolute Gasteiger partial charge is 0.385 e. The molecule has 180 valence electrons. The number of nitrogens with one attached hydrogen (secondary N) is 1. The highest BCUT2D eigenvalue weighted by Crippen LogP contribution is 2.37. The Morgan fingerprint density at radius 3 is 2.82 bits per heavy atom. The molecule has 3 fully saturated rings. The van der Waals surface area contributed by atoms with Crippen LogP contribution in [0.4, 0.5) is 0 Å². The van der Waals surface area contributed by atoms with Crippen LogP contribution in [0.1, 0.15) is 68.5 Å². The molecule has 2 aromatic rings. The van der Waals surface area contributed by atoms with Crippen LogP contribution in [0.5, 0.6) is 0 Å². The molecule has 1 aliphatic heterocycles. The van der Waals surface area contributed by atoms with E-state index in [9.17, 15) is 4.79 Å². The number of rotatable bonds is 9. The van der Waals surface area contributed by atoms with E-state index >= 15 is 0 Å². The first-order valence-electron chi connectivity index (χ1n) is 12.9. The van der Waals surface area contributed by atoms with Gasteiger partial charge in [0.1, 0.15) is 6.10 Å². The van der Waals surface area contributed by atoms with Gasteiger partial charge in [0.05, 0.1) is 17.8 Å². The predicted octanol–water partition coefficient (Wildman–Crippen LogP) is 3.60. The van der Waals surface area contributed by atoms with Gasteiger partial charge < -0.3 is 19.7 Å². The third-order valence-electron chi connectivity index (χ3n) is 7.38. The summed E-state index contributed by atoms with van der Waals surface area (Å²) in [6.07, 6.45) is 9.20. The van der Waals surface area contributed by atoms with Crippen LogP contribution in [-0.4, -0.2) is 66.1 Å². The molecular formula is C26H38N4O3. The second-order valence-corrected chi connectivity index (χ2v) is 9.90. The molecule has 2 heterocycles. The normalized spacial score (nSPS) is 22.0. The van der Waals surface area contributed by atoms with Gasteiger partial charge in [-0.2, -0.15) is 5.10 Å². The van der Waals surface area contributed by atoms with Crippen LogP contribution in [0.15, 0.2) is 18.2 Å². The van der Waals surface area contributed by atoms with Crippen molar-refractivity contribution in [3.8, 4) is 0 Å². The summed E-state index contributed by atoms with van der Waals surface area (Å²) in [6.45, 7) is 4.26. The Morgan fingerprint density at radius 1 is 1.24 bits per heavy atom. The highest BCUT2D eigenvalue weighted by atomic mass is 16.5. The summed E-state index contributed by atoms with van der Waals surface area (Å²) in [6, 6.07) is 7.08. The SMILES string of the molecule is COCCCn1nc(C2CCCCC2)c2ccc(CN(C(=O)[C@H]3CNCCO3)C3CC3)cc21. The molecule has 33 heavy (non-hydrogen) atoms. The molecule has 3 aliphatic rings. The third kappa shape index (κ3) is 5.26. The van der Waals surface area contributed by atoms with Gasteiger partial charge in [-0.15, -0.1) is 0 Å². The molecule has 7 heteroatoms. The number of fused-ring (bicyclic) bond motifs is 1. The molecule has 1 amide bonds. The molecule has 1 saturated heterocycles. The quantitative estimate of drug-likeness (QED) is 0.587. The average molecular weight is 455 g/mol. The lowest BCUT2D eigenvalue weighted by atomic mass is 9.86. The Balaban J connectivity index is 1.40. The molecule has 1 N–H and O–H groups in total. The molecule has 1 atom stereocenters. The molecule has 0 bridgehead atoms. The number of benzene rings is 1. The molecule has 7 nitrogen and oxygen atoms in total. The van der Waals surface area contributed by atoms with E-state index in [2.05, 4.69) is 28.2 Å². The molecular weight excluding hydrogens is 416 g/mol. The van der Waals surface area contributed by atoms with Crippen LogP contribution in [-0.2, 0) is 27.4 Å². The number of hydrogen-bond donors (Lipinski definition) is 1. The summed E-state index contributed by atoms with van der Waals surface area (Å²) in [4.78, 5) is 15.3. The summed E-state index contributed by atoms with van der Waals surface area (Å²) in [7, 11) is 1.75. The van der Waals surface area contributed by atoms with E-state index in [4.69, 9.17) is 14.6 Å². The van der Waals surface area contributed by atoms with E-state index in [1.807, 2.05) is 4.90 Å². The molecule has 0 radical (unpaired) electrons. The summed E-state index contributed by atoms with van der Waals surface area (Å²) < 4.78 is 13.2. The topological polar surface area (TPSA) is 68.6 Å². The number of amides is 1. The second kappa shape index (κ2) is 10.5. The van der Waals surface area contributed by atoms with Crippen LogP contribution in [0.25, 0.3) is 10.9 Å². The van der Waals surface area contributed by atoms with Crippen LogP contribution < -0.4 is 5.32 Å². The molecule has 0 unspecified atom stereocenters. The molecule has 2 aliphatic carbocycles. The second-order valence-electron chi connectivity index (χ2n) is 9.90. The maximum absolute atomic E-state index is 13.2. The Hall–Kier alpha value is -1.96. The fourth-order valence-corrected chi connectivity index (χ4v) is 5.43. The Morgan fingerprint density at radius 2 is 2.09 bits per heavy atom. The zero-order chi connectivity index (χ0) is 22.6. The lowest BCUT2D eigenvalue weighted by Crippen LogP contribution is -2.49. The fraction of sp³-hybridized carbons (Fsp3) is 0.692. The van der Waals surface area contributed by atoms with Gasteiger partial charge in [0, 0.05) is 57.2 Å². The fourth-order valence-electron chi connectivity index (χ4n) is 5.43. The number of carbonyl (C=O) groups excluding carboxylic acids is 1. The van der Waals surface area contributed by atoms with E-state index in [1.54, 1.807) is 7.11 Å². The summed E-state index contributed by atoms with van der Waals surface area (Å²) >= 11 is 0. The van der Waals surface area contributed by atoms with Crippen LogP contribution in [0.2, 0.25) is 0 Å². The van der Waals surface area contributed by atoms with Crippen molar-refractivity contribution in [1.82, 2.24) is 20.0 Å². The first kappa shape index (κ1) is 22.8. The van der Waals surface area contributed by atoms with Crippen molar-refractivity contribution in [3.05, 3.63) is 29.5 Å². The van der Waals surface area contributed by atoms with Gasteiger partial charge in [0.25, 0.3) is 5.91 Å². The van der Waals surface area contributed by atoms with E-state index in [-0.39, 0.29) is 12.0 Å². The first-order chi connectivity index (χ1) is 16.2. The maximum Gasteiger partial charge on any atom is 0.253 e. The van der Waals surface area contributed by atoms with Gasteiger partial charge in [0.2, 0.25) is 0 Å². The van der Waals surface area contributed by atoms with Gasteiger partial charge in [-0.3, -0.25) is 9.48 Å². The molecule has 1 aromatic heterocycles. The highest BCUT2D eigenvalue weighted by molar-refractivity contribution is 5.84. The highest BCUT2D eigenvalue weighted by Gasteiger charge is 2.37. The number of aromatic nitrogens is 2. The van der Waals surface area contributed by atoms with Crippen LogP contribution in [0, 0.1) is 0 Å².